The van der Waals surface area contributed by atoms with Gasteiger partial charge in [-0.25, -0.2) is 13.4 Å². The van der Waals surface area contributed by atoms with E-state index in [-0.39, 0.29) is 5.69 Å². The fraction of sp³-hybridized carbons (Fsp3) is 0.100. The van der Waals surface area contributed by atoms with Gasteiger partial charge in [-0.2, -0.15) is 22.8 Å². The number of nitrogens with zero attached hydrogens (tertiary/aromatic N) is 3. The largest absolute Gasteiger partial charge is 0.416 e. The van der Waals surface area contributed by atoms with Crippen molar-refractivity contribution in [2.75, 3.05) is 10.5 Å². The summed E-state index contributed by atoms with van der Waals surface area (Å²) in [4.78, 5) is 3.79. The molecule has 11 heteroatoms. The predicted molar refractivity (Wildman–Crippen MR) is 110 cm³/mol. The molecule has 3 N–H and O–H groups in total. The molecule has 2 aromatic carbocycles. The van der Waals surface area contributed by atoms with Crippen molar-refractivity contribution in [2.24, 2.45) is 0 Å². The minimum Gasteiger partial charge on any atom is -0.383 e. The van der Waals surface area contributed by atoms with E-state index in [0.717, 1.165) is 18.2 Å². The highest BCUT2D eigenvalue weighted by molar-refractivity contribution is 7.92. The van der Waals surface area contributed by atoms with Crippen molar-refractivity contribution in [1.82, 2.24) is 14.6 Å². The molecular formula is C20H16F3N5O2S. The summed E-state index contributed by atoms with van der Waals surface area (Å²) in [5.41, 5.74) is 7.78. The normalized spacial score (nSPS) is 12.3. The van der Waals surface area contributed by atoms with Gasteiger partial charge < -0.3 is 5.73 Å². The summed E-state index contributed by atoms with van der Waals surface area (Å²) in [6.45, 7) is 1.67. The summed E-state index contributed by atoms with van der Waals surface area (Å²) < 4.78 is 67.9. The number of nitrogens with two attached hydrogens (primary N) is 1. The number of aromatic nitrogens is 3. The number of fused-ring (bicyclic) bond motifs is 1. The third-order valence-corrected chi connectivity index (χ3v) is 6.07. The van der Waals surface area contributed by atoms with Gasteiger partial charge in [0.2, 0.25) is 0 Å². The Hall–Kier alpha value is -3.60. The van der Waals surface area contributed by atoms with E-state index < -0.39 is 26.7 Å². The summed E-state index contributed by atoms with van der Waals surface area (Å²) in [5, 5.41) is 4.11. The van der Waals surface area contributed by atoms with Gasteiger partial charge in [0.15, 0.2) is 5.65 Å². The predicted octanol–water partition coefficient (Wildman–Crippen LogP) is 4.11. The molecule has 7 nitrogen and oxygen atoms in total. The van der Waals surface area contributed by atoms with Crippen molar-refractivity contribution >= 4 is 27.2 Å². The van der Waals surface area contributed by atoms with Gasteiger partial charge in [-0.3, -0.25) is 4.72 Å². The van der Waals surface area contributed by atoms with Crippen molar-refractivity contribution in [1.29, 1.82) is 0 Å². The van der Waals surface area contributed by atoms with E-state index in [1.54, 1.807) is 37.5 Å². The third-order valence-electron chi connectivity index (χ3n) is 4.71. The Kier molecular flexibility index (Phi) is 4.85. The van der Waals surface area contributed by atoms with Gasteiger partial charge in [0.1, 0.15) is 5.82 Å². The minimum absolute atomic E-state index is 0.229. The average Bonchev–Trinajstić information content (AvgIpc) is 3.19. The van der Waals surface area contributed by atoms with Crippen molar-refractivity contribution < 1.29 is 21.6 Å². The van der Waals surface area contributed by atoms with Crippen LogP contribution >= 0.6 is 0 Å². The van der Waals surface area contributed by atoms with Crippen LogP contribution in [0.2, 0.25) is 0 Å². The van der Waals surface area contributed by atoms with Crippen LogP contribution in [0.3, 0.4) is 0 Å². The van der Waals surface area contributed by atoms with Gasteiger partial charge in [-0.15, -0.1) is 0 Å². The molecule has 2 aromatic heterocycles. The number of rotatable bonds is 4. The van der Waals surface area contributed by atoms with Crippen LogP contribution in [0.1, 0.15) is 11.1 Å². The lowest BCUT2D eigenvalue weighted by Crippen LogP contribution is -2.15. The molecule has 0 unspecified atom stereocenters. The van der Waals surface area contributed by atoms with E-state index in [1.165, 1.54) is 10.6 Å². The molecule has 2 heterocycles. The molecule has 4 rings (SSSR count). The number of aryl methyl sites for hydroxylation is 1. The first-order valence-electron chi connectivity index (χ1n) is 8.95. The Labute approximate surface area is 175 Å². The standard InChI is InChI=1S/C20H16F3N5O2S/c1-12-9-13(16-11-25-18-7-8-26-28(18)19(16)24)5-6-17(12)27-31(29,30)15-4-2-3-14(10-15)20(21,22)23/h2-11,27H,24H2,1H3. The zero-order valence-corrected chi connectivity index (χ0v) is 16.9. The van der Waals surface area contributed by atoms with Crippen LogP contribution in [-0.4, -0.2) is 23.0 Å². The molecule has 0 amide bonds. The van der Waals surface area contributed by atoms with Crippen molar-refractivity contribution in [3.63, 3.8) is 0 Å². The molecule has 160 valence electrons. The molecule has 0 bridgehead atoms. The molecule has 0 aliphatic rings. The molecule has 4 aromatic rings. The SMILES string of the molecule is Cc1cc(-c2cnc3ccnn3c2N)ccc1NS(=O)(=O)c1cccc(C(F)(F)F)c1. The first kappa shape index (κ1) is 20.7. The average molecular weight is 447 g/mol. The molecule has 0 spiro atoms. The molecule has 31 heavy (non-hydrogen) atoms. The van der Waals surface area contributed by atoms with Crippen molar-refractivity contribution in [3.05, 3.63) is 72.1 Å². The molecular weight excluding hydrogens is 431 g/mol. The van der Waals surface area contributed by atoms with Crippen LogP contribution in [0.15, 0.2) is 65.8 Å². The fourth-order valence-corrected chi connectivity index (χ4v) is 4.28. The van der Waals surface area contributed by atoms with Crippen molar-refractivity contribution in [3.8, 4) is 11.1 Å². The first-order chi connectivity index (χ1) is 14.6. The Morgan fingerprint density at radius 1 is 1.10 bits per heavy atom. The highest BCUT2D eigenvalue weighted by Gasteiger charge is 2.31. The summed E-state index contributed by atoms with van der Waals surface area (Å²) >= 11 is 0. The van der Waals surface area contributed by atoms with Crippen LogP contribution in [0, 0.1) is 6.92 Å². The lowest BCUT2D eigenvalue weighted by atomic mass is 10.0. The van der Waals surface area contributed by atoms with Crippen LogP contribution < -0.4 is 10.5 Å². The van der Waals surface area contributed by atoms with Gasteiger partial charge in [-0.05, 0) is 48.4 Å². The van der Waals surface area contributed by atoms with Gasteiger partial charge in [0.25, 0.3) is 10.0 Å². The Morgan fingerprint density at radius 3 is 2.58 bits per heavy atom. The molecule has 0 atom stereocenters. The maximum atomic E-state index is 12.9. The van der Waals surface area contributed by atoms with E-state index in [0.29, 0.717) is 34.2 Å². The lowest BCUT2D eigenvalue weighted by Gasteiger charge is -2.14. The number of nitrogen functional groups attached to an aromatic ring is 1. The van der Waals surface area contributed by atoms with Gasteiger partial charge in [0, 0.05) is 17.8 Å². The summed E-state index contributed by atoms with van der Waals surface area (Å²) in [5.74, 6) is 0.367. The number of sulfonamides is 1. The van der Waals surface area contributed by atoms with E-state index in [2.05, 4.69) is 14.8 Å². The van der Waals surface area contributed by atoms with Crippen molar-refractivity contribution in [2.45, 2.75) is 18.0 Å². The third kappa shape index (κ3) is 3.91. The number of hydrogen-bond acceptors (Lipinski definition) is 5. The number of halogens is 3. The molecule has 0 aliphatic heterocycles. The number of nitrogens with one attached hydrogen (secondary N) is 1. The van der Waals surface area contributed by atoms with Gasteiger partial charge in [-0.1, -0.05) is 12.1 Å². The second kappa shape index (κ2) is 7.27. The quantitative estimate of drug-likeness (QED) is 0.490. The number of alkyl halides is 3. The van der Waals surface area contributed by atoms with Crippen LogP contribution in [0.4, 0.5) is 24.7 Å². The zero-order valence-electron chi connectivity index (χ0n) is 16.1. The van der Waals surface area contributed by atoms with E-state index in [1.807, 2.05) is 0 Å². The Balaban J connectivity index is 1.66. The van der Waals surface area contributed by atoms with Crippen LogP contribution in [0.25, 0.3) is 16.8 Å². The second-order valence-electron chi connectivity index (χ2n) is 6.82. The molecule has 0 aliphatic carbocycles. The Morgan fingerprint density at radius 2 is 1.87 bits per heavy atom. The summed E-state index contributed by atoms with van der Waals surface area (Å²) in [7, 11) is -4.23. The molecule has 0 saturated carbocycles. The molecule has 0 fully saturated rings. The number of benzene rings is 2. The zero-order chi connectivity index (χ0) is 22.4. The van der Waals surface area contributed by atoms with E-state index in [4.69, 9.17) is 5.73 Å². The topological polar surface area (TPSA) is 102 Å². The van der Waals surface area contributed by atoms with Gasteiger partial charge in [0.05, 0.1) is 22.3 Å². The maximum absolute atomic E-state index is 12.9. The van der Waals surface area contributed by atoms with Crippen LogP contribution in [0.5, 0.6) is 0 Å². The maximum Gasteiger partial charge on any atom is 0.416 e. The number of anilines is 2. The number of hydrogen-bond donors (Lipinski definition) is 2. The molecule has 0 saturated heterocycles. The van der Waals surface area contributed by atoms with Gasteiger partial charge >= 0.3 is 6.18 Å². The minimum atomic E-state index is -4.65. The lowest BCUT2D eigenvalue weighted by molar-refractivity contribution is -0.137. The van der Waals surface area contributed by atoms with E-state index in [9.17, 15) is 21.6 Å². The van der Waals surface area contributed by atoms with Crippen LogP contribution in [-0.2, 0) is 16.2 Å². The summed E-state index contributed by atoms with van der Waals surface area (Å²) in [6.07, 6.45) is -1.49. The first-order valence-corrected chi connectivity index (χ1v) is 10.4. The highest BCUT2D eigenvalue weighted by atomic mass is 32.2. The summed E-state index contributed by atoms with van der Waals surface area (Å²) in [6, 6.07) is 10.1. The monoisotopic (exact) mass is 447 g/mol. The smallest absolute Gasteiger partial charge is 0.383 e. The highest BCUT2D eigenvalue weighted by Crippen LogP contribution is 2.32. The Bertz CT molecular complexity index is 1400. The molecule has 0 radical (unpaired) electrons. The second-order valence-corrected chi connectivity index (χ2v) is 8.50. The fourth-order valence-electron chi connectivity index (χ4n) is 3.10. The van der Waals surface area contributed by atoms with E-state index >= 15 is 0 Å².